The van der Waals surface area contributed by atoms with Gasteiger partial charge in [0.1, 0.15) is 17.1 Å². The fraction of sp³-hybridized carbons (Fsp3) is 0.0500. The Labute approximate surface area is 170 Å². The van der Waals surface area contributed by atoms with Gasteiger partial charge in [-0.1, -0.05) is 23.2 Å². The van der Waals surface area contributed by atoms with Crippen LogP contribution in [0.15, 0.2) is 36.4 Å². The summed E-state index contributed by atoms with van der Waals surface area (Å²) in [6.45, 7) is 0. The Balaban J connectivity index is 1.98. The van der Waals surface area contributed by atoms with Crippen LogP contribution < -0.4 is 4.74 Å². The maximum Gasteiger partial charge on any atom is 0.343 e. The lowest BCUT2D eigenvalue weighted by Gasteiger charge is -2.36. The minimum absolute atomic E-state index is 0.0532. The van der Waals surface area contributed by atoms with Gasteiger partial charge in [-0.25, -0.2) is 22.4 Å². The number of esters is 1. The SMILES string of the molecule is O=C1OC2(c3ccc(Cl)cc3Oc3cc(Cl)ccc32)c2c(F)c(F)c(F)c(F)c21. The van der Waals surface area contributed by atoms with Crippen LogP contribution in [0, 0.1) is 23.3 Å². The Kier molecular flexibility index (Phi) is 3.70. The van der Waals surface area contributed by atoms with Crippen molar-refractivity contribution in [3.63, 3.8) is 0 Å². The van der Waals surface area contributed by atoms with Gasteiger partial charge in [0.2, 0.25) is 0 Å². The molecule has 1 spiro atoms. The summed E-state index contributed by atoms with van der Waals surface area (Å²) in [4.78, 5) is 12.5. The number of hydrogen-bond donors (Lipinski definition) is 0. The molecule has 0 aliphatic carbocycles. The smallest absolute Gasteiger partial charge is 0.343 e. The molecular formula is C20H6Cl2F4O3. The highest BCUT2D eigenvalue weighted by Gasteiger charge is 2.57. The van der Waals surface area contributed by atoms with Crippen LogP contribution in [0.1, 0.15) is 27.0 Å². The van der Waals surface area contributed by atoms with Crippen LogP contribution in [0.2, 0.25) is 10.0 Å². The number of ether oxygens (including phenoxy) is 2. The molecule has 0 atom stereocenters. The van der Waals surface area contributed by atoms with Crippen molar-refractivity contribution < 1.29 is 31.8 Å². The first-order valence-corrected chi connectivity index (χ1v) is 8.89. The molecule has 9 heteroatoms. The molecule has 0 amide bonds. The molecule has 5 rings (SSSR count). The fourth-order valence-corrected chi connectivity index (χ4v) is 4.11. The molecule has 0 fully saturated rings. The van der Waals surface area contributed by atoms with E-state index in [2.05, 4.69) is 0 Å². The van der Waals surface area contributed by atoms with Gasteiger partial charge in [0.15, 0.2) is 28.9 Å². The summed E-state index contributed by atoms with van der Waals surface area (Å²) in [6, 6.07) is 8.29. The number of halogens is 6. The van der Waals surface area contributed by atoms with E-state index in [-0.39, 0.29) is 32.7 Å². The first kappa shape index (κ1) is 18.3. The van der Waals surface area contributed by atoms with E-state index < -0.39 is 46.0 Å². The van der Waals surface area contributed by atoms with Crippen LogP contribution in [-0.2, 0) is 10.3 Å². The van der Waals surface area contributed by atoms with Gasteiger partial charge in [0, 0.05) is 21.2 Å². The number of rotatable bonds is 0. The van der Waals surface area contributed by atoms with Crippen LogP contribution in [-0.4, -0.2) is 5.97 Å². The van der Waals surface area contributed by atoms with Crippen molar-refractivity contribution >= 4 is 29.2 Å². The summed E-state index contributed by atoms with van der Waals surface area (Å²) in [7, 11) is 0. The summed E-state index contributed by atoms with van der Waals surface area (Å²) in [5.41, 5.74) is -3.80. The van der Waals surface area contributed by atoms with Gasteiger partial charge in [-0.2, -0.15) is 0 Å². The largest absolute Gasteiger partial charge is 0.456 e. The Morgan fingerprint density at radius 2 is 1.28 bits per heavy atom. The summed E-state index contributed by atoms with van der Waals surface area (Å²) in [6.07, 6.45) is 0. The second-order valence-corrected chi connectivity index (χ2v) is 7.33. The van der Waals surface area contributed by atoms with E-state index in [1.807, 2.05) is 0 Å². The molecular weight excluding hydrogens is 435 g/mol. The molecule has 2 aliphatic heterocycles. The second-order valence-electron chi connectivity index (χ2n) is 6.46. The van der Waals surface area contributed by atoms with Crippen molar-refractivity contribution in [2.24, 2.45) is 0 Å². The first-order chi connectivity index (χ1) is 13.8. The summed E-state index contributed by atoms with van der Waals surface area (Å²) in [5.74, 6) is -8.98. The summed E-state index contributed by atoms with van der Waals surface area (Å²) < 4.78 is 68.6. The standard InChI is InChI=1S/C20H6Cl2F4O3/c21-7-1-3-9-11(5-7)28-12-6-8(22)2-4-10(12)20(9)14-13(19(27)29-20)15(23)17(25)18(26)16(14)24/h1-6H. The molecule has 3 aromatic carbocycles. The summed E-state index contributed by atoms with van der Waals surface area (Å²) in [5, 5.41) is 0.483. The molecule has 3 nitrogen and oxygen atoms in total. The molecule has 2 heterocycles. The topological polar surface area (TPSA) is 35.5 Å². The molecule has 0 saturated heterocycles. The normalized spacial score (nSPS) is 15.4. The molecule has 2 aliphatic rings. The zero-order valence-corrected chi connectivity index (χ0v) is 15.5. The minimum Gasteiger partial charge on any atom is -0.456 e. The van der Waals surface area contributed by atoms with Crippen molar-refractivity contribution in [1.29, 1.82) is 0 Å². The third-order valence-electron chi connectivity index (χ3n) is 4.93. The van der Waals surface area contributed by atoms with Crippen LogP contribution in [0.25, 0.3) is 0 Å². The van der Waals surface area contributed by atoms with E-state index in [1.165, 1.54) is 36.4 Å². The quantitative estimate of drug-likeness (QED) is 0.183. The second kappa shape index (κ2) is 5.87. The van der Waals surface area contributed by atoms with Gasteiger partial charge in [0.25, 0.3) is 0 Å². The van der Waals surface area contributed by atoms with Crippen LogP contribution >= 0.6 is 23.2 Å². The lowest BCUT2D eigenvalue weighted by atomic mass is 9.77. The predicted octanol–water partition coefficient (Wildman–Crippen LogP) is 6.12. The molecule has 0 radical (unpaired) electrons. The van der Waals surface area contributed by atoms with E-state index in [4.69, 9.17) is 32.7 Å². The van der Waals surface area contributed by atoms with Crippen LogP contribution in [0.3, 0.4) is 0 Å². The lowest BCUT2D eigenvalue weighted by molar-refractivity contribution is 0.0215. The van der Waals surface area contributed by atoms with Crippen LogP contribution in [0.5, 0.6) is 11.5 Å². The van der Waals surface area contributed by atoms with E-state index in [0.717, 1.165) is 0 Å². The monoisotopic (exact) mass is 440 g/mol. The Hall–Kier alpha value is -2.77. The molecule has 0 bridgehead atoms. The van der Waals surface area contributed by atoms with Gasteiger partial charge >= 0.3 is 5.97 Å². The number of fused-ring (bicyclic) bond motifs is 6. The van der Waals surface area contributed by atoms with Gasteiger partial charge in [-0.05, 0) is 36.4 Å². The molecule has 146 valence electrons. The molecule has 0 unspecified atom stereocenters. The van der Waals surface area contributed by atoms with Crippen molar-refractivity contribution in [2.45, 2.75) is 5.60 Å². The predicted molar refractivity (Wildman–Crippen MR) is 94.5 cm³/mol. The molecule has 0 N–H and O–H groups in total. The third kappa shape index (κ3) is 2.22. The van der Waals surface area contributed by atoms with Crippen molar-refractivity contribution in [2.75, 3.05) is 0 Å². The Bertz CT molecular complexity index is 1210. The highest BCUT2D eigenvalue weighted by Crippen LogP contribution is 2.57. The van der Waals surface area contributed by atoms with Crippen molar-refractivity contribution in [3.8, 4) is 11.5 Å². The summed E-state index contributed by atoms with van der Waals surface area (Å²) >= 11 is 12.0. The number of benzene rings is 3. The van der Waals surface area contributed by atoms with E-state index in [0.29, 0.717) is 0 Å². The Morgan fingerprint density at radius 3 is 1.83 bits per heavy atom. The van der Waals surface area contributed by atoms with E-state index in [1.54, 1.807) is 0 Å². The zero-order valence-electron chi connectivity index (χ0n) is 14.0. The van der Waals surface area contributed by atoms with Crippen LogP contribution in [0.4, 0.5) is 17.6 Å². The lowest BCUT2D eigenvalue weighted by Crippen LogP contribution is -2.34. The molecule has 29 heavy (non-hydrogen) atoms. The van der Waals surface area contributed by atoms with Gasteiger partial charge < -0.3 is 9.47 Å². The minimum atomic E-state index is -2.12. The van der Waals surface area contributed by atoms with Crippen molar-refractivity contribution in [1.82, 2.24) is 0 Å². The van der Waals surface area contributed by atoms with Gasteiger partial charge in [-0.15, -0.1) is 0 Å². The highest BCUT2D eigenvalue weighted by atomic mass is 35.5. The number of hydrogen-bond acceptors (Lipinski definition) is 3. The zero-order chi connectivity index (χ0) is 20.7. The average Bonchev–Trinajstić information content (AvgIpc) is 2.97. The van der Waals surface area contributed by atoms with Gasteiger partial charge in [-0.3, -0.25) is 0 Å². The third-order valence-corrected chi connectivity index (χ3v) is 5.41. The maximum atomic E-state index is 15.0. The number of carbonyl (C=O) groups excluding carboxylic acids is 1. The number of carbonyl (C=O) groups is 1. The molecule has 0 saturated carbocycles. The van der Waals surface area contributed by atoms with Gasteiger partial charge in [0.05, 0.1) is 5.56 Å². The highest BCUT2D eigenvalue weighted by molar-refractivity contribution is 6.31. The molecule has 0 aromatic heterocycles. The van der Waals surface area contributed by atoms with E-state index in [9.17, 15) is 22.4 Å². The Morgan fingerprint density at radius 1 is 0.759 bits per heavy atom. The average molecular weight is 441 g/mol. The van der Waals surface area contributed by atoms with E-state index >= 15 is 0 Å². The first-order valence-electron chi connectivity index (χ1n) is 8.13. The molecule has 3 aromatic rings. The van der Waals surface area contributed by atoms with Crippen molar-refractivity contribution in [3.05, 3.63) is 92.0 Å². The maximum absolute atomic E-state index is 15.0. The fourth-order valence-electron chi connectivity index (χ4n) is 3.78.